The lowest BCUT2D eigenvalue weighted by atomic mass is 10.2. The minimum atomic E-state index is 0.000885. The molecule has 2 rings (SSSR count). The van der Waals surface area contributed by atoms with Crippen molar-refractivity contribution >= 4 is 6.03 Å². The van der Waals surface area contributed by atoms with Crippen molar-refractivity contribution < 1.29 is 4.79 Å². The van der Waals surface area contributed by atoms with Crippen molar-refractivity contribution in [3.63, 3.8) is 0 Å². The van der Waals surface area contributed by atoms with E-state index in [1.807, 2.05) is 30.2 Å². The van der Waals surface area contributed by atoms with Crippen LogP contribution in [0.15, 0.2) is 36.3 Å². The summed E-state index contributed by atoms with van der Waals surface area (Å²) < 4.78 is 0. The van der Waals surface area contributed by atoms with E-state index in [-0.39, 0.29) is 6.03 Å². The predicted octanol–water partition coefficient (Wildman–Crippen LogP) is 3.11. The zero-order valence-electron chi connectivity index (χ0n) is 12.1. The summed E-state index contributed by atoms with van der Waals surface area (Å²) in [5.41, 5.74) is 2.57. The molecular weight excluding hydrogens is 250 g/mol. The van der Waals surface area contributed by atoms with Crippen LogP contribution < -0.4 is 5.32 Å². The standard InChI is InChI=1S/C16H23N3O/c1-2-19(12-9-14-7-10-17-11-8-14)16(20)18-13-15-5-3-4-6-15/h7-8,10-11,13H,2-6,9,12H2,1H3,(H,18,20). The van der Waals surface area contributed by atoms with Gasteiger partial charge in [0.1, 0.15) is 0 Å². The molecule has 0 spiro atoms. The third kappa shape index (κ3) is 4.37. The first kappa shape index (κ1) is 14.6. The Hall–Kier alpha value is -1.84. The molecule has 1 aromatic heterocycles. The van der Waals surface area contributed by atoms with E-state index in [1.165, 1.54) is 24.0 Å². The minimum Gasteiger partial charge on any atom is -0.324 e. The minimum absolute atomic E-state index is 0.000885. The van der Waals surface area contributed by atoms with E-state index in [2.05, 4.69) is 10.3 Å². The van der Waals surface area contributed by atoms with E-state index in [0.29, 0.717) is 0 Å². The number of carbonyl (C=O) groups is 1. The number of urea groups is 1. The Kier molecular flexibility index (Phi) is 5.59. The summed E-state index contributed by atoms with van der Waals surface area (Å²) in [5.74, 6) is 0. The summed E-state index contributed by atoms with van der Waals surface area (Å²) in [6, 6.07) is 3.99. The van der Waals surface area contributed by atoms with Gasteiger partial charge < -0.3 is 10.2 Å². The van der Waals surface area contributed by atoms with Crippen LogP contribution in [-0.4, -0.2) is 29.0 Å². The van der Waals surface area contributed by atoms with Crippen molar-refractivity contribution in [2.75, 3.05) is 13.1 Å². The summed E-state index contributed by atoms with van der Waals surface area (Å²) in [5, 5.41) is 2.92. The van der Waals surface area contributed by atoms with Crippen molar-refractivity contribution in [1.29, 1.82) is 0 Å². The highest BCUT2D eigenvalue weighted by Gasteiger charge is 2.11. The molecule has 1 saturated carbocycles. The van der Waals surface area contributed by atoms with Crippen LogP contribution in [0.5, 0.6) is 0 Å². The predicted molar refractivity (Wildman–Crippen MR) is 80.3 cm³/mol. The number of hydrogen-bond acceptors (Lipinski definition) is 2. The van der Waals surface area contributed by atoms with Crippen LogP contribution in [0.3, 0.4) is 0 Å². The van der Waals surface area contributed by atoms with Gasteiger partial charge in [0.05, 0.1) is 0 Å². The molecule has 0 unspecified atom stereocenters. The molecule has 1 aliphatic rings. The average molecular weight is 273 g/mol. The molecule has 0 aromatic carbocycles. The van der Waals surface area contributed by atoms with E-state index < -0.39 is 0 Å². The topological polar surface area (TPSA) is 45.2 Å². The normalized spacial score (nSPS) is 14.2. The Morgan fingerprint density at radius 2 is 2.05 bits per heavy atom. The summed E-state index contributed by atoms with van der Waals surface area (Å²) in [6.07, 6.45) is 11.1. The van der Waals surface area contributed by atoms with E-state index >= 15 is 0 Å². The fourth-order valence-electron chi connectivity index (χ4n) is 2.45. The Morgan fingerprint density at radius 3 is 2.70 bits per heavy atom. The molecule has 2 amide bonds. The molecule has 0 aliphatic heterocycles. The number of hydrogen-bond donors (Lipinski definition) is 1. The number of likely N-dealkylation sites (N-methyl/N-ethyl adjacent to an activating group) is 1. The van der Waals surface area contributed by atoms with Crippen LogP contribution >= 0.6 is 0 Å². The van der Waals surface area contributed by atoms with Gasteiger partial charge in [0.15, 0.2) is 0 Å². The number of allylic oxidation sites excluding steroid dienone is 1. The van der Waals surface area contributed by atoms with Crippen LogP contribution in [0.25, 0.3) is 0 Å². The summed E-state index contributed by atoms with van der Waals surface area (Å²) >= 11 is 0. The lowest BCUT2D eigenvalue weighted by Crippen LogP contribution is -2.38. The highest BCUT2D eigenvalue weighted by atomic mass is 16.2. The smallest absolute Gasteiger partial charge is 0.321 e. The molecule has 1 aliphatic carbocycles. The molecule has 20 heavy (non-hydrogen) atoms. The highest BCUT2D eigenvalue weighted by molar-refractivity contribution is 5.75. The lowest BCUT2D eigenvalue weighted by molar-refractivity contribution is 0.205. The van der Waals surface area contributed by atoms with E-state index in [9.17, 15) is 4.79 Å². The zero-order valence-corrected chi connectivity index (χ0v) is 12.1. The summed E-state index contributed by atoms with van der Waals surface area (Å²) in [4.78, 5) is 18.0. The maximum Gasteiger partial charge on any atom is 0.321 e. The lowest BCUT2D eigenvalue weighted by Gasteiger charge is -2.20. The zero-order chi connectivity index (χ0) is 14.2. The van der Waals surface area contributed by atoms with Crippen LogP contribution in [0, 0.1) is 0 Å². The molecule has 0 saturated heterocycles. The molecule has 4 heteroatoms. The van der Waals surface area contributed by atoms with Crippen molar-refractivity contribution in [2.45, 2.75) is 39.0 Å². The van der Waals surface area contributed by atoms with Gasteiger partial charge >= 0.3 is 6.03 Å². The second kappa shape index (κ2) is 7.68. The second-order valence-corrected chi connectivity index (χ2v) is 5.14. The van der Waals surface area contributed by atoms with Gasteiger partial charge in [-0.1, -0.05) is 5.57 Å². The maximum atomic E-state index is 12.1. The quantitative estimate of drug-likeness (QED) is 0.896. The highest BCUT2D eigenvalue weighted by Crippen LogP contribution is 2.22. The third-order valence-corrected chi connectivity index (χ3v) is 3.73. The number of carbonyl (C=O) groups excluding carboxylic acids is 1. The Bertz CT molecular complexity index is 448. The largest absolute Gasteiger partial charge is 0.324 e. The number of pyridine rings is 1. The molecule has 1 heterocycles. The van der Waals surface area contributed by atoms with Crippen LogP contribution in [0.2, 0.25) is 0 Å². The number of aromatic nitrogens is 1. The van der Waals surface area contributed by atoms with Gasteiger partial charge in [0.25, 0.3) is 0 Å². The molecule has 1 N–H and O–H groups in total. The van der Waals surface area contributed by atoms with Crippen molar-refractivity contribution in [1.82, 2.24) is 15.2 Å². The number of amides is 2. The Morgan fingerprint density at radius 1 is 1.35 bits per heavy atom. The first-order valence-corrected chi connectivity index (χ1v) is 7.42. The van der Waals surface area contributed by atoms with Gasteiger partial charge in [-0.05, 0) is 56.7 Å². The summed E-state index contributed by atoms with van der Waals surface area (Å²) in [7, 11) is 0. The maximum absolute atomic E-state index is 12.1. The van der Waals surface area contributed by atoms with E-state index in [1.54, 1.807) is 12.4 Å². The first-order chi connectivity index (χ1) is 9.79. The molecular formula is C16H23N3O. The third-order valence-electron chi connectivity index (χ3n) is 3.73. The van der Waals surface area contributed by atoms with Gasteiger partial charge in [-0.25, -0.2) is 4.79 Å². The molecule has 0 atom stereocenters. The first-order valence-electron chi connectivity index (χ1n) is 7.42. The number of nitrogens with zero attached hydrogens (tertiary/aromatic N) is 2. The number of rotatable bonds is 5. The average Bonchev–Trinajstić information content (AvgIpc) is 3.00. The van der Waals surface area contributed by atoms with E-state index in [4.69, 9.17) is 0 Å². The van der Waals surface area contributed by atoms with Gasteiger partial charge in [-0.15, -0.1) is 0 Å². The Balaban J connectivity index is 1.81. The molecule has 0 radical (unpaired) electrons. The summed E-state index contributed by atoms with van der Waals surface area (Å²) in [6.45, 7) is 3.46. The molecule has 0 bridgehead atoms. The van der Waals surface area contributed by atoms with Gasteiger partial charge in [0, 0.05) is 31.7 Å². The Labute approximate surface area is 120 Å². The van der Waals surface area contributed by atoms with Crippen LogP contribution in [0.1, 0.15) is 38.2 Å². The molecule has 1 fully saturated rings. The fourth-order valence-corrected chi connectivity index (χ4v) is 2.45. The van der Waals surface area contributed by atoms with Crippen molar-refractivity contribution in [2.24, 2.45) is 0 Å². The van der Waals surface area contributed by atoms with E-state index in [0.717, 1.165) is 32.4 Å². The van der Waals surface area contributed by atoms with Gasteiger partial charge in [-0.3, -0.25) is 4.98 Å². The molecule has 108 valence electrons. The molecule has 4 nitrogen and oxygen atoms in total. The van der Waals surface area contributed by atoms with Crippen LogP contribution in [-0.2, 0) is 6.42 Å². The second-order valence-electron chi connectivity index (χ2n) is 5.14. The molecule has 1 aromatic rings. The fraction of sp³-hybridized carbons (Fsp3) is 0.500. The SMILES string of the molecule is CCN(CCc1ccncc1)C(=O)NC=C1CCCC1. The van der Waals surface area contributed by atoms with Gasteiger partial charge in [0.2, 0.25) is 0 Å². The monoisotopic (exact) mass is 273 g/mol. The van der Waals surface area contributed by atoms with Crippen molar-refractivity contribution in [3.8, 4) is 0 Å². The number of nitrogens with one attached hydrogen (secondary N) is 1. The van der Waals surface area contributed by atoms with Crippen molar-refractivity contribution in [3.05, 3.63) is 41.9 Å². The van der Waals surface area contributed by atoms with Gasteiger partial charge in [-0.2, -0.15) is 0 Å². The van der Waals surface area contributed by atoms with Crippen LogP contribution in [0.4, 0.5) is 4.79 Å².